The normalized spacial score (nSPS) is 15.2. The van der Waals surface area contributed by atoms with Crippen LogP contribution < -0.4 is 14.9 Å². The number of carbonyl (C=O) groups is 1. The van der Waals surface area contributed by atoms with E-state index in [1.165, 1.54) is 20.3 Å². The number of fused-ring (bicyclic) bond motifs is 1. The van der Waals surface area contributed by atoms with E-state index in [1.54, 1.807) is 26.0 Å². The number of hydrogen-bond acceptors (Lipinski definition) is 6. The topological polar surface area (TPSA) is 75.0 Å². The van der Waals surface area contributed by atoms with E-state index in [2.05, 4.69) is 0 Å². The molecule has 0 spiro atoms. The SMILES string of the molecule is COc1cc(OC)c2c(=O)cc(-c3ccccc3)oc2c1C1=CC(C)(C)OC1=O. The second-order valence-corrected chi connectivity index (χ2v) is 7.25. The summed E-state index contributed by atoms with van der Waals surface area (Å²) >= 11 is 0. The molecule has 0 atom stereocenters. The highest BCUT2D eigenvalue weighted by Crippen LogP contribution is 2.43. The van der Waals surface area contributed by atoms with Gasteiger partial charge in [0.25, 0.3) is 0 Å². The van der Waals surface area contributed by atoms with Crippen molar-refractivity contribution in [2.45, 2.75) is 19.4 Å². The van der Waals surface area contributed by atoms with Crippen LogP contribution in [0.3, 0.4) is 0 Å². The van der Waals surface area contributed by atoms with Gasteiger partial charge in [0.1, 0.15) is 28.2 Å². The van der Waals surface area contributed by atoms with E-state index < -0.39 is 11.6 Å². The number of methoxy groups -OCH3 is 2. The second-order valence-electron chi connectivity index (χ2n) is 7.25. The summed E-state index contributed by atoms with van der Waals surface area (Å²) in [6.45, 7) is 3.56. The predicted octanol–water partition coefficient (Wildman–Crippen LogP) is 4.20. The summed E-state index contributed by atoms with van der Waals surface area (Å²) in [7, 11) is 2.94. The molecular formula is C23H20O6. The average Bonchev–Trinajstić information content (AvgIpc) is 2.98. The molecule has 4 rings (SSSR count). The van der Waals surface area contributed by atoms with Crippen LogP contribution in [-0.4, -0.2) is 25.8 Å². The lowest BCUT2D eigenvalue weighted by molar-refractivity contribution is -0.142. The van der Waals surface area contributed by atoms with Gasteiger partial charge in [-0.05, 0) is 19.9 Å². The highest BCUT2D eigenvalue weighted by atomic mass is 16.6. The van der Waals surface area contributed by atoms with Crippen molar-refractivity contribution in [3.63, 3.8) is 0 Å². The van der Waals surface area contributed by atoms with Gasteiger partial charge >= 0.3 is 5.97 Å². The number of benzene rings is 2. The molecule has 2 aromatic carbocycles. The Hall–Kier alpha value is -3.54. The van der Waals surface area contributed by atoms with Crippen molar-refractivity contribution in [3.05, 3.63) is 64.3 Å². The molecule has 0 bridgehead atoms. The summed E-state index contributed by atoms with van der Waals surface area (Å²) < 4.78 is 22.5. The van der Waals surface area contributed by atoms with E-state index in [-0.39, 0.29) is 22.0 Å². The lowest BCUT2D eigenvalue weighted by atomic mass is 9.98. The molecule has 29 heavy (non-hydrogen) atoms. The Bertz CT molecular complexity index is 1200. The molecule has 6 nitrogen and oxygen atoms in total. The van der Waals surface area contributed by atoms with Gasteiger partial charge in [0, 0.05) is 17.7 Å². The maximum absolute atomic E-state index is 13.0. The van der Waals surface area contributed by atoms with Crippen LogP contribution in [0.15, 0.2) is 57.8 Å². The molecule has 3 aromatic rings. The average molecular weight is 392 g/mol. The third-order valence-corrected chi connectivity index (χ3v) is 4.76. The van der Waals surface area contributed by atoms with Crippen molar-refractivity contribution in [2.24, 2.45) is 0 Å². The zero-order chi connectivity index (χ0) is 20.8. The minimum Gasteiger partial charge on any atom is -0.496 e. The van der Waals surface area contributed by atoms with E-state index in [1.807, 2.05) is 30.3 Å². The molecule has 0 radical (unpaired) electrons. The van der Waals surface area contributed by atoms with Crippen molar-refractivity contribution in [2.75, 3.05) is 14.2 Å². The Balaban J connectivity index is 2.13. The van der Waals surface area contributed by atoms with Gasteiger partial charge in [0.15, 0.2) is 11.0 Å². The number of rotatable bonds is 4. The Morgan fingerprint density at radius 3 is 2.21 bits per heavy atom. The fourth-order valence-electron chi connectivity index (χ4n) is 3.50. The van der Waals surface area contributed by atoms with Gasteiger partial charge in [0.2, 0.25) is 0 Å². The van der Waals surface area contributed by atoms with Crippen LogP contribution in [0, 0.1) is 0 Å². The lowest BCUT2D eigenvalue weighted by Gasteiger charge is -2.14. The molecule has 0 fully saturated rings. The predicted molar refractivity (Wildman–Crippen MR) is 109 cm³/mol. The molecule has 148 valence electrons. The van der Waals surface area contributed by atoms with Crippen molar-refractivity contribution in [3.8, 4) is 22.8 Å². The Morgan fingerprint density at radius 1 is 0.931 bits per heavy atom. The maximum Gasteiger partial charge on any atom is 0.339 e. The standard InChI is InChI=1S/C23H20O6/c1-23(2)12-14(22(25)29-23)19-17(26-3)11-18(27-4)20-15(24)10-16(28-21(19)20)13-8-6-5-7-9-13/h5-12H,1-4H3. The Morgan fingerprint density at radius 2 is 1.62 bits per heavy atom. The van der Waals surface area contributed by atoms with Crippen LogP contribution in [0.4, 0.5) is 0 Å². The van der Waals surface area contributed by atoms with Crippen molar-refractivity contribution >= 4 is 22.5 Å². The second kappa shape index (κ2) is 6.81. The molecule has 2 heterocycles. The highest BCUT2D eigenvalue weighted by molar-refractivity contribution is 6.23. The lowest BCUT2D eigenvalue weighted by Crippen LogP contribution is -2.18. The van der Waals surface area contributed by atoms with Crippen molar-refractivity contribution < 1.29 is 23.4 Å². The van der Waals surface area contributed by atoms with Gasteiger partial charge in [-0.1, -0.05) is 30.3 Å². The third kappa shape index (κ3) is 3.16. The molecule has 1 aromatic heterocycles. The van der Waals surface area contributed by atoms with Crippen LogP contribution in [0.5, 0.6) is 11.5 Å². The summed E-state index contributed by atoms with van der Waals surface area (Å²) in [4.78, 5) is 25.6. The van der Waals surface area contributed by atoms with Gasteiger partial charge < -0.3 is 18.6 Å². The van der Waals surface area contributed by atoms with E-state index in [0.717, 1.165) is 5.56 Å². The number of carbonyl (C=O) groups excluding carboxylic acids is 1. The van der Waals surface area contributed by atoms with Crippen LogP contribution in [0.1, 0.15) is 19.4 Å². The molecular weight excluding hydrogens is 372 g/mol. The minimum atomic E-state index is -0.777. The fourth-order valence-corrected chi connectivity index (χ4v) is 3.50. The first-order valence-corrected chi connectivity index (χ1v) is 9.09. The first-order chi connectivity index (χ1) is 13.8. The molecule has 0 saturated carbocycles. The van der Waals surface area contributed by atoms with Gasteiger partial charge in [-0.2, -0.15) is 0 Å². The first-order valence-electron chi connectivity index (χ1n) is 9.09. The quantitative estimate of drug-likeness (QED) is 0.620. The molecule has 0 amide bonds. The smallest absolute Gasteiger partial charge is 0.339 e. The molecule has 0 saturated heterocycles. The molecule has 0 N–H and O–H groups in total. The first kappa shape index (κ1) is 18.8. The summed E-state index contributed by atoms with van der Waals surface area (Å²) in [5.74, 6) is 0.530. The van der Waals surface area contributed by atoms with Crippen LogP contribution in [-0.2, 0) is 9.53 Å². The van der Waals surface area contributed by atoms with E-state index in [0.29, 0.717) is 22.8 Å². The molecule has 1 aliphatic rings. The van der Waals surface area contributed by atoms with Crippen molar-refractivity contribution in [1.82, 2.24) is 0 Å². The summed E-state index contributed by atoms with van der Waals surface area (Å²) in [6.07, 6.45) is 1.70. The highest BCUT2D eigenvalue weighted by Gasteiger charge is 2.36. The van der Waals surface area contributed by atoms with Crippen molar-refractivity contribution in [1.29, 1.82) is 0 Å². The minimum absolute atomic E-state index is 0.216. The molecule has 0 aliphatic carbocycles. The zero-order valence-corrected chi connectivity index (χ0v) is 16.6. The molecule has 6 heteroatoms. The van der Waals surface area contributed by atoms with Crippen LogP contribution >= 0.6 is 0 Å². The zero-order valence-electron chi connectivity index (χ0n) is 16.6. The summed E-state index contributed by atoms with van der Waals surface area (Å²) in [6, 6.07) is 12.3. The summed E-state index contributed by atoms with van der Waals surface area (Å²) in [5.41, 5.74) is 0.552. The number of hydrogen-bond donors (Lipinski definition) is 0. The molecule has 1 aliphatic heterocycles. The monoisotopic (exact) mass is 392 g/mol. The largest absolute Gasteiger partial charge is 0.496 e. The van der Waals surface area contributed by atoms with E-state index in [9.17, 15) is 9.59 Å². The number of cyclic esters (lactones) is 1. The van der Waals surface area contributed by atoms with Gasteiger partial charge in [-0.25, -0.2) is 4.79 Å². The number of ether oxygens (including phenoxy) is 3. The van der Waals surface area contributed by atoms with Gasteiger partial charge in [0.05, 0.1) is 25.4 Å². The number of esters is 1. The third-order valence-electron chi connectivity index (χ3n) is 4.76. The Kier molecular flexibility index (Phi) is 4.42. The summed E-state index contributed by atoms with van der Waals surface area (Å²) in [5, 5.41) is 0.237. The molecule has 0 unspecified atom stereocenters. The van der Waals surface area contributed by atoms with Gasteiger partial charge in [-0.3, -0.25) is 4.79 Å². The van der Waals surface area contributed by atoms with Crippen LogP contribution in [0.2, 0.25) is 0 Å². The fraction of sp³-hybridized carbons (Fsp3) is 0.217. The van der Waals surface area contributed by atoms with E-state index >= 15 is 0 Å². The van der Waals surface area contributed by atoms with E-state index in [4.69, 9.17) is 18.6 Å². The maximum atomic E-state index is 13.0. The Labute approximate surface area is 167 Å². The van der Waals surface area contributed by atoms with Gasteiger partial charge in [-0.15, -0.1) is 0 Å². The van der Waals surface area contributed by atoms with Crippen LogP contribution in [0.25, 0.3) is 27.9 Å².